The number of amides is 11. The number of carbonyl (C=O) groups excluding carboxylic acids is 11. The molecule has 31 heteroatoms. The predicted octanol–water partition coefficient (Wildman–Crippen LogP) is -1.47. The van der Waals surface area contributed by atoms with Crippen molar-refractivity contribution < 1.29 is 90.6 Å². The first-order valence-electron chi connectivity index (χ1n) is 28.3. The van der Waals surface area contributed by atoms with Crippen molar-refractivity contribution in [2.45, 2.75) is 191 Å². The van der Waals surface area contributed by atoms with E-state index in [0.717, 1.165) is 49.9 Å². The number of unbranched alkanes of at least 4 members (excludes halogenated alkanes) is 9. The average Bonchev–Trinajstić information content (AvgIpc) is 3.61. The van der Waals surface area contributed by atoms with E-state index >= 15 is 0 Å². The topological polar surface area (TPSA) is 483 Å². The Labute approximate surface area is 494 Å². The Morgan fingerprint density at radius 1 is 0.494 bits per heavy atom. The summed E-state index contributed by atoms with van der Waals surface area (Å²) < 4.78 is 31.8. The fraction of sp³-hybridized carbons (Fsp3) is 0.648. The summed E-state index contributed by atoms with van der Waals surface area (Å²) in [7, 11) is -4.51. The first-order valence-corrected chi connectivity index (χ1v) is 29.7. The summed E-state index contributed by atoms with van der Waals surface area (Å²) in [6, 6.07) is -5.90. The van der Waals surface area contributed by atoms with Crippen molar-refractivity contribution in [3.63, 3.8) is 0 Å². The summed E-state index contributed by atoms with van der Waals surface area (Å²) in [6.07, 6.45) is 7.48. The minimum absolute atomic E-state index is 0.0316. The Kier molecular flexibility index (Phi) is 35.1. The molecule has 0 unspecified atom stereocenters. The van der Waals surface area contributed by atoms with E-state index in [1.165, 1.54) is 32.6 Å². The van der Waals surface area contributed by atoms with E-state index in [2.05, 4.69) is 60.1 Å². The van der Waals surface area contributed by atoms with Crippen LogP contribution in [-0.2, 0) is 67.7 Å². The highest BCUT2D eigenvalue weighted by molar-refractivity contribution is 7.85. The van der Waals surface area contributed by atoms with Gasteiger partial charge in [-0.25, -0.2) is 0 Å². The second-order valence-corrected chi connectivity index (χ2v) is 22.4. The lowest BCUT2D eigenvalue weighted by Gasteiger charge is -2.28. The third kappa shape index (κ3) is 31.1. The van der Waals surface area contributed by atoms with Crippen molar-refractivity contribution in [3.8, 4) is 0 Å². The van der Waals surface area contributed by atoms with Crippen molar-refractivity contribution in [2.24, 2.45) is 17.6 Å². The molecule has 16 N–H and O–H groups in total. The van der Waals surface area contributed by atoms with E-state index in [0.29, 0.717) is 6.42 Å². The molecule has 0 spiro atoms. The van der Waals surface area contributed by atoms with Gasteiger partial charge in [-0.15, -0.1) is 0 Å². The van der Waals surface area contributed by atoms with Gasteiger partial charge in [0.2, 0.25) is 59.1 Å². The molecule has 0 aliphatic carbocycles. The van der Waals surface area contributed by atoms with Crippen molar-refractivity contribution in [2.75, 3.05) is 26.2 Å². The van der Waals surface area contributed by atoms with Gasteiger partial charge in [0.05, 0.1) is 31.0 Å². The maximum absolute atomic E-state index is 13.5. The van der Waals surface area contributed by atoms with Gasteiger partial charge in [0, 0.05) is 24.9 Å². The van der Waals surface area contributed by atoms with Crippen LogP contribution in [0.2, 0.25) is 0 Å². The molecular formula is C54H87N11O19S. The van der Waals surface area contributed by atoms with Gasteiger partial charge in [0.25, 0.3) is 16.0 Å². The number of aliphatic carboxylic acids is 2. The highest BCUT2D eigenvalue weighted by atomic mass is 32.2. The number of aliphatic hydroxyl groups excluding tert-OH is 1. The van der Waals surface area contributed by atoms with E-state index in [4.69, 9.17) is 10.3 Å². The number of rotatable bonds is 43. The number of hydrogen-bond donors (Lipinski definition) is 15. The van der Waals surface area contributed by atoms with Crippen LogP contribution < -0.4 is 58.9 Å². The minimum Gasteiger partial charge on any atom is -0.481 e. The Bertz CT molecular complexity index is 2550. The standard InChI is InChI=1S/C54H87N11O19S/c1-7-8-9-10-11-12-13-14-15-19-40(67)64-45(31(2)3)54(81)65-46(32(4)5)53(80)59-33(6)48(75)57-28-41(68)60-37(24-25-43(70)71)50(77)58-29-42(69)61-38(27-44(72)73)52(79)62-36(51(78)63-39(30-66)47(55)74)18-16-17-26-56-49(76)34-20-22-35(23-21-34)85(82,83)84/h20-23,31-33,36-39,45-46,66H,7-19,24-30H2,1-6H3,(H2,55,74)(H,56,76)(H,57,75)(H,58,77)(H,59,80)(H,60,68)(H,61,69)(H,62,79)(H,63,78)(H,64,67)(H,65,81)(H,70,71)(H,72,73)(H,82,83,84)/t33-,36-,37-,38-,39-,45-,46-/m0/s1. The molecule has 85 heavy (non-hydrogen) atoms. The molecular weight excluding hydrogens is 1140 g/mol. The fourth-order valence-electron chi connectivity index (χ4n) is 8.12. The predicted molar refractivity (Wildman–Crippen MR) is 305 cm³/mol. The minimum atomic E-state index is -4.51. The summed E-state index contributed by atoms with van der Waals surface area (Å²) in [4.78, 5) is 166. The van der Waals surface area contributed by atoms with E-state index in [9.17, 15) is 86.1 Å². The highest BCUT2D eigenvalue weighted by Crippen LogP contribution is 2.14. The summed E-state index contributed by atoms with van der Waals surface area (Å²) in [5.41, 5.74) is 5.25. The zero-order valence-electron chi connectivity index (χ0n) is 49.0. The van der Waals surface area contributed by atoms with E-state index in [1.54, 1.807) is 27.7 Å². The van der Waals surface area contributed by atoms with Crippen molar-refractivity contribution >= 4 is 87.0 Å². The molecule has 1 aromatic carbocycles. The molecule has 0 aromatic heterocycles. The van der Waals surface area contributed by atoms with E-state index in [1.807, 2.05) is 0 Å². The normalized spacial score (nSPS) is 13.7. The number of primary amides is 1. The lowest BCUT2D eigenvalue weighted by molar-refractivity contribution is -0.141. The lowest BCUT2D eigenvalue weighted by atomic mass is 9.99. The van der Waals surface area contributed by atoms with Crippen LogP contribution in [0.15, 0.2) is 29.2 Å². The molecule has 0 saturated heterocycles. The average molecular weight is 1230 g/mol. The van der Waals surface area contributed by atoms with Crippen molar-refractivity contribution in [3.05, 3.63) is 29.8 Å². The van der Waals surface area contributed by atoms with Crippen LogP contribution in [0.3, 0.4) is 0 Å². The molecule has 0 bridgehead atoms. The van der Waals surface area contributed by atoms with Gasteiger partial charge in [-0.2, -0.15) is 8.42 Å². The van der Waals surface area contributed by atoms with Crippen molar-refractivity contribution in [1.29, 1.82) is 0 Å². The second-order valence-electron chi connectivity index (χ2n) is 21.0. The number of nitrogens with two attached hydrogens (primary N) is 1. The smallest absolute Gasteiger partial charge is 0.305 e. The zero-order valence-corrected chi connectivity index (χ0v) is 49.9. The molecule has 0 aliphatic heterocycles. The van der Waals surface area contributed by atoms with Crippen LogP contribution in [-0.4, -0.2) is 174 Å². The Balaban J connectivity index is 2.95. The van der Waals surface area contributed by atoms with Crippen LogP contribution in [0.5, 0.6) is 0 Å². The molecule has 0 fully saturated rings. The maximum atomic E-state index is 13.5. The third-order valence-electron chi connectivity index (χ3n) is 13.0. The van der Waals surface area contributed by atoms with Gasteiger partial charge in [0.15, 0.2) is 0 Å². The molecule has 30 nitrogen and oxygen atoms in total. The lowest BCUT2D eigenvalue weighted by Crippen LogP contribution is -2.59. The molecule has 1 aromatic rings. The van der Waals surface area contributed by atoms with Gasteiger partial charge in [0.1, 0.15) is 42.3 Å². The van der Waals surface area contributed by atoms with E-state index < -0.39 is 173 Å². The first-order chi connectivity index (χ1) is 39.9. The van der Waals surface area contributed by atoms with E-state index in [-0.39, 0.29) is 49.6 Å². The molecule has 1 rings (SSSR count). The summed E-state index contributed by atoms with van der Waals surface area (Å²) in [6.45, 7) is 7.47. The third-order valence-corrected chi connectivity index (χ3v) is 13.9. The van der Waals surface area contributed by atoms with Crippen LogP contribution in [0.1, 0.15) is 155 Å². The largest absolute Gasteiger partial charge is 0.481 e. The van der Waals surface area contributed by atoms with Gasteiger partial charge < -0.3 is 74.2 Å². The zero-order chi connectivity index (χ0) is 64.4. The highest BCUT2D eigenvalue weighted by Gasteiger charge is 2.34. The summed E-state index contributed by atoms with van der Waals surface area (Å²) in [5, 5.41) is 52.1. The number of nitrogens with one attached hydrogen (secondary N) is 10. The van der Waals surface area contributed by atoms with Crippen LogP contribution >= 0.6 is 0 Å². The molecule has 0 radical (unpaired) electrons. The molecule has 478 valence electrons. The van der Waals surface area contributed by atoms with Crippen LogP contribution in [0.25, 0.3) is 0 Å². The molecule has 0 aliphatic rings. The number of carbonyl (C=O) groups is 13. The molecule has 11 amide bonds. The Hall–Kier alpha value is -7.80. The van der Waals surface area contributed by atoms with Crippen LogP contribution in [0.4, 0.5) is 0 Å². The maximum Gasteiger partial charge on any atom is 0.305 e. The van der Waals surface area contributed by atoms with Gasteiger partial charge in [-0.1, -0.05) is 86.0 Å². The SMILES string of the molecule is CCCCCCCCCCCC(=O)N[C@H](C(=O)N[C@H](C(=O)N[C@@H](C)C(=O)NCC(=O)N[C@@H](CCC(=O)O)C(=O)NCC(=O)N[C@@H](CC(=O)O)C(=O)N[C@@H](CCCCNC(=O)c1ccc(S(=O)(=O)O)cc1)C(=O)N[C@@H](CO)C(N)=O)C(C)C)C(C)C. The summed E-state index contributed by atoms with van der Waals surface area (Å²) in [5.74, 6) is -13.9. The molecule has 0 heterocycles. The second kappa shape index (κ2) is 39.7. The Morgan fingerprint density at radius 3 is 1.51 bits per heavy atom. The monoisotopic (exact) mass is 1230 g/mol. The molecule has 7 atom stereocenters. The quantitative estimate of drug-likeness (QED) is 0.0262. The van der Waals surface area contributed by atoms with Gasteiger partial charge in [-0.3, -0.25) is 66.9 Å². The van der Waals surface area contributed by atoms with Crippen LogP contribution in [0, 0.1) is 11.8 Å². The van der Waals surface area contributed by atoms with Gasteiger partial charge in [-0.05, 0) is 75.1 Å². The number of aliphatic hydroxyl groups is 1. The fourth-order valence-corrected chi connectivity index (χ4v) is 8.60. The molecule has 0 saturated carbocycles. The first kappa shape index (κ1) is 75.2. The van der Waals surface area contributed by atoms with Crippen molar-refractivity contribution in [1.82, 2.24) is 53.2 Å². The summed E-state index contributed by atoms with van der Waals surface area (Å²) >= 11 is 0. The number of benzene rings is 1. The Morgan fingerprint density at radius 2 is 0.988 bits per heavy atom. The number of carboxylic acids is 2. The van der Waals surface area contributed by atoms with Gasteiger partial charge >= 0.3 is 11.9 Å². The number of hydrogen-bond acceptors (Lipinski definition) is 16. The number of carboxylic acid groups (broad SMARTS) is 2.